The molecule has 0 aliphatic rings. The molecule has 0 saturated carbocycles. The predicted octanol–water partition coefficient (Wildman–Crippen LogP) is 3.00. The standard InChI is InChI=1S/C16H16INO3/c1-20-14-7-5-12(6-8-14)10-18-16(19)11-21-15-4-2-3-13(17)9-15/h2-9H,10-11H2,1H3,(H,18,19). The molecule has 0 saturated heterocycles. The lowest BCUT2D eigenvalue weighted by Crippen LogP contribution is -2.28. The molecule has 1 amide bonds. The summed E-state index contributed by atoms with van der Waals surface area (Å²) in [5.74, 6) is 1.35. The number of halogens is 1. The molecule has 0 aliphatic carbocycles. The van der Waals surface area contributed by atoms with Crippen LogP contribution in [0, 0.1) is 3.57 Å². The first kappa shape index (κ1) is 15.6. The summed E-state index contributed by atoms with van der Waals surface area (Å²) in [6.07, 6.45) is 0. The Hall–Kier alpha value is -1.76. The van der Waals surface area contributed by atoms with E-state index in [1.54, 1.807) is 7.11 Å². The molecule has 0 spiro atoms. The third-order valence-electron chi connectivity index (χ3n) is 2.81. The molecule has 0 bridgehead atoms. The van der Waals surface area contributed by atoms with E-state index >= 15 is 0 Å². The SMILES string of the molecule is COc1ccc(CNC(=O)COc2cccc(I)c2)cc1. The molecular weight excluding hydrogens is 381 g/mol. The first-order valence-corrected chi connectivity index (χ1v) is 7.53. The monoisotopic (exact) mass is 397 g/mol. The van der Waals surface area contributed by atoms with E-state index < -0.39 is 0 Å². The van der Waals surface area contributed by atoms with Crippen molar-refractivity contribution >= 4 is 28.5 Å². The van der Waals surface area contributed by atoms with Crippen LogP contribution in [0.4, 0.5) is 0 Å². The van der Waals surface area contributed by atoms with E-state index in [-0.39, 0.29) is 12.5 Å². The fraction of sp³-hybridized carbons (Fsp3) is 0.188. The number of carbonyl (C=O) groups excluding carboxylic acids is 1. The van der Waals surface area contributed by atoms with E-state index in [0.29, 0.717) is 12.3 Å². The second-order valence-electron chi connectivity index (χ2n) is 4.37. The Bertz CT molecular complexity index is 599. The number of amides is 1. The summed E-state index contributed by atoms with van der Waals surface area (Å²) in [6.45, 7) is 0.481. The van der Waals surface area contributed by atoms with Gasteiger partial charge >= 0.3 is 0 Å². The van der Waals surface area contributed by atoms with Crippen LogP contribution >= 0.6 is 22.6 Å². The molecule has 0 heterocycles. The van der Waals surface area contributed by atoms with Crippen molar-refractivity contribution in [1.29, 1.82) is 0 Å². The summed E-state index contributed by atoms with van der Waals surface area (Å²) >= 11 is 2.20. The number of ether oxygens (including phenoxy) is 2. The fourth-order valence-electron chi connectivity index (χ4n) is 1.70. The second kappa shape index (κ2) is 7.87. The van der Waals surface area contributed by atoms with Crippen LogP contribution in [-0.4, -0.2) is 19.6 Å². The van der Waals surface area contributed by atoms with Crippen LogP contribution in [0.1, 0.15) is 5.56 Å². The molecule has 2 rings (SSSR count). The zero-order chi connectivity index (χ0) is 15.1. The molecule has 4 nitrogen and oxygen atoms in total. The molecule has 5 heteroatoms. The quantitative estimate of drug-likeness (QED) is 0.763. The van der Waals surface area contributed by atoms with Gasteiger partial charge in [-0.1, -0.05) is 18.2 Å². The largest absolute Gasteiger partial charge is 0.497 e. The molecule has 1 N–H and O–H groups in total. The van der Waals surface area contributed by atoms with Gasteiger partial charge in [0, 0.05) is 10.1 Å². The highest BCUT2D eigenvalue weighted by atomic mass is 127. The maximum atomic E-state index is 11.7. The molecule has 2 aromatic rings. The van der Waals surface area contributed by atoms with Crippen LogP contribution < -0.4 is 14.8 Å². The highest BCUT2D eigenvalue weighted by Gasteiger charge is 2.03. The Kier molecular flexibility index (Phi) is 5.86. The lowest BCUT2D eigenvalue weighted by molar-refractivity contribution is -0.123. The van der Waals surface area contributed by atoms with Crippen LogP contribution in [0.3, 0.4) is 0 Å². The smallest absolute Gasteiger partial charge is 0.258 e. The molecule has 110 valence electrons. The Labute approximate surface area is 137 Å². The zero-order valence-electron chi connectivity index (χ0n) is 11.6. The fourth-order valence-corrected chi connectivity index (χ4v) is 2.22. The van der Waals surface area contributed by atoms with Crippen molar-refractivity contribution in [3.63, 3.8) is 0 Å². The number of methoxy groups -OCH3 is 1. The summed E-state index contributed by atoms with van der Waals surface area (Å²) in [7, 11) is 1.62. The molecule has 0 radical (unpaired) electrons. The molecular formula is C16H16INO3. The predicted molar refractivity (Wildman–Crippen MR) is 89.5 cm³/mol. The molecule has 0 unspecified atom stereocenters. The third kappa shape index (κ3) is 5.26. The Morgan fingerprint density at radius 3 is 2.57 bits per heavy atom. The Balaban J connectivity index is 1.76. The van der Waals surface area contributed by atoms with Gasteiger partial charge in [0.2, 0.25) is 0 Å². The van der Waals surface area contributed by atoms with Gasteiger partial charge < -0.3 is 14.8 Å². The average molecular weight is 397 g/mol. The molecule has 21 heavy (non-hydrogen) atoms. The van der Waals surface area contributed by atoms with Crippen molar-refractivity contribution in [2.75, 3.05) is 13.7 Å². The van der Waals surface area contributed by atoms with E-state index in [9.17, 15) is 4.79 Å². The summed E-state index contributed by atoms with van der Waals surface area (Å²) in [6, 6.07) is 15.1. The van der Waals surface area contributed by atoms with Crippen LogP contribution in [0.15, 0.2) is 48.5 Å². The van der Waals surface area contributed by atoms with Gasteiger partial charge in [0.15, 0.2) is 6.61 Å². The van der Waals surface area contributed by atoms with Gasteiger partial charge in [0.25, 0.3) is 5.91 Å². The van der Waals surface area contributed by atoms with Gasteiger partial charge in [-0.05, 0) is 58.5 Å². The highest BCUT2D eigenvalue weighted by molar-refractivity contribution is 14.1. The topological polar surface area (TPSA) is 47.6 Å². The van der Waals surface area contributed by atoms with Crippen molar-refractivity contribution in [2.45, 2.75) is 6.54 Å². The lowest BCUT2D eigenvalue weighted by atomic mass is 10.2. The minimum Gasteiger partial charge on any atom is -0.497 e. The maximum absolute atomic E-state index is 11.7. The van der Waals surface area contributed by atoms with Gasteiger partial charge in [-0.2, -0.15) is 0 Å². The van der Waals surface area contributed by atoms with E-state index in [4.69, 9.17) is 9.47 Å². The molecule has 2 aromatic carbocycles. The number of benzene rings is 2. The molecule has 0 atom stereocenters. The van der Waals surface area contributed by atoms with Crippen molar-refractivity contribution in [3.05, 3.63) is 57.7 Å². The number of nitrogens with one attached hydrogen (secondary N) is 1. The zero-order valence-corrected chi connectivity index (χ0v) is 13.8. The second-order valence-corrected chi connectivity index (χ2v) is 5.62. The first-order chi connectivity index (χ1) is 10.2. The molecule has 0 aliphatic heterocycles. The van der Waals surface area contributed by atoms with Gasteiger partial charge in [0.05, 0.1) is 7.11 Å². The number of hydrogen-bond donors (Lipinski definition) is 1. The average Bonchev–Trinajstić information content (AvgIpc) is 2.51. The van der Waals surface area contributed by atoms with Gasteiger partial charge in [-0.3, -0.25) is 4.79 Å². The molecule has 0 fully saturated rings. The Morgan fingerprint density at radius 2 is 1.90 bits per heavy atom. The summed E-state index contributed by atoms with van der Waals surface area (Å²) in [5, 5.41) is 2.81. The maximum Gasteiger partial charge on any atom is 0.258 e. The van der Waals surface area contributed by atoms with Gasteiger partial charge in [-0.15, -0.1) is 0 Å². The van der Waals surface area contributed by atoms with Crippen LogP contribution in [0.2, 0.25) is 0 Å². The van der Waals surface area contributed by atoms with Gasteiger partial charge in [-0.25, -0.2) is 0 Å². The van der Waals surface area contributed by atoms with Crippen LogP contribution in [0.25, 0.3) is 0 Å². The Morgan fingerprint density at radius 1 is 1.14 bits per heavy atom. The van der Waals surface area contributed by atoms with Crippen molar-refractivity contribution in [3.8, 4) is 11.5 Å². The van der Waals surface area contributed by atoms with Crippen LogP contribution in [0.5, 0.6) is 11.5 Å². The minimum atomic E-state index is -0.148. The summed E-state index contributed by atoms with van der Waals surface area (Å²) < 4.78 is 11.6. The number of hydrogen-bond acceptors (Lipinski definition) is 3. The van der Waals surface area contributed by atoms with Gasteiger partial charge in [0.1, 0.15) is 11.5 Å². The van der Waals surface area contributed by atoms with Crippen molar-refractivity contribution in [2.24, 2.45) is 0 Å². The van der Waals surface area contributed by atoms with Crippen molar-refractivity contribution in [1.82, 2.24) is 5.32 Å². The number of rotatable bonds is 6. The summed E-state index contributed by atoms with van der Waals surface area (Å²) in [4.78, 5) is 11.7. The van der Waals surface area contributed by atoms with Crippen molar-refractivity contribution < 1.29 is 14.3 Å². The first-order valence-electron chi connectivity index (χ1n) is 6.45. The minimum absolute atomic E-state index is 0.0102. The lowest BCUT2D eigenvalue weighted by Gasteiger charge is -2.08. The molecule has 0 aromatic heterocycles. The van der Waals surface area contributed by atoms with Crippen LogP contribution in [-0.2, 0) is 11.3 Å². The third-order valence-corrected chi connectivity index (χ3v) is 3.49. The van der Waals surface area contributed by atoms with E-state index in [2.05, 4.69) is 27.9 Å². The summed E-state index contributed by atoms with van der Waals surface area (Å²) in [5.41, 5.74) is 1.01. The van der Waals surface area contributed by atoms with E-state index in [0.717, 1.165) is 14.9 Å². The van der Waals surface area contributed by atoms with E-state index in [1.165, 1.54) is 0 Å². The normalized spacial score (nSPS) is 10.0. The van der Waals surface area contributed by atoms with E-state index in [1.807, 2.05) is 48.5 Å². The highest BCUT2D eigenvalue weighted by Crippen LogP contribution is 2.14. The number of carbonyl (C=O) groups is 1.